The van der Waals surface area contributed by atoms with Crippen LogP contribution in [-0.4, -0.2) is 63.1 Å². The molecule has 26 heavy (non-hydrogen) atoms. The summed E-state index contributed by atoms with van der Waals surface area (Å²) in [6.45, 7) is 6.36. The molecule has 1 aromatic rings. The largest absolute Gasteiger partial charge is 0.469 e. The summed E-state index contributed by atoms with van der Waals surface area (Å²) in [6.07, 6.45) is 0. The molecular formula is C19H28N4O3. The summed E-state index contributed by atoms with van der Waals surface area (Å²) in [7, 11) is 3.13. The van der Waals surface area contributed by atoms with Gasteiger partial charge in [0.15, 0.2) is 5.96 Å². The molecule has 1 heterocycles. The van der Waals surface area contributed by atoms with E-state index in [4.69, 9.17) is 4.74 Å². The number of ether oxygens (including phenoxy) is 1. The van der Waals surface area contributed by atoms with Crippen molar-refractivity contribution in [2.45, 2.75) is 13.8 Å². The van der Waals surface area contributed by atoms with Crippen molar-refractivity contribution in [1.82, 2.24) is 15.5 Å². The highest BCUT2D eigenvalue weighted by Crippen LogP contribution is 2.23. The Morgan fingerprint density at radius 3 is 2.65 bits per heavy atom. The van der Waals surface area contributed by atoms with Crippen molar-refractivity contribution in [3.8, 4) is 0 Å². The van der Waals surface area contributed by atoms with Gasteiger partial charge in [0.2, 0.25) is 0 Å². The molecule has 1 saturated heterocycles. The molecule has 0 radical (unpaired) electrons. The fourth-order valence-electron chi connectivity index (χ4n) is 3.17. The van der Waals surface area contributed by atoms with Crippen LogP contribution in [0.5, 0.6) is 0 Å². The Morgan fingerprint density at radius 1 is 1.27 bits per heavy atom. The lowest BCUT2D eigenvalue weighted by molar-refractivity contribution is -0.145. The molecule has 2 rings (SSSR count). The van der Waals surface area contributed by atoms with Gasteiger partial charge in [-0.1, -0.05) is 24.6 Å². The van der Waals surface area contributed by atoms with E-state index in [1.54, 1.807) is 13.1 Å². The number of hydrogen-bond acceptors (Lipinski definition) is 4. The predicted octanol–water partition coefficient (Wildman–Crippen LogP) is 1.04. The van der Waals surface area contributed by atoms with Gasteiger partial charge < -0.3 is 20.3 Å². The maximum atomic E-state index is 12.1. The van der Waals surface area contributed by atoms with Crippen molar-refractivity contribution in [2.24, 2.45) is 16.8 Å². The smallest absolute Gasteiger partial charge is 0.310 e. The van der Waals surface area contributed by atoms with Gasteiger partial charge in [-0.05, 0) is 25.0 Å². The summed E-state index contributed by atoms with van der Waals surface area (Å²) in [5.74, 6) is 0.529. The van der Waals surface area contributed by atoms with Crippen LogP contribution in [0, 0.1) is 18.8 Å². The normalized spacial score (nSPS) is 20.0. The van der Waals surface area contributed by atoms with Crippen LogP contribution in [0.4, 0.5) is 0 Å². The Bertz CT molecular complexity index is 675. The number of benzene rings is 1. The van der Waals surface area contributed by atoms with E-state index in [1.165, 1.54) is 7.11 Å². The van der Waals surface area contributed by atoms with Gasteiger partial charge >= 0.3 is 5.97 Å². The lowest BCUT2D eigenvalue weighted by atomic mass is 9.99. The number of aryl methyl sites for hydroxylation is 1. The van der Waals surface area contributed by atoms with Crippen LogP contribution < -0.4 is 10.6 Å². The number of methoxy groups -OCH3 is 1. The standard InChI is InChI=1S/C19H28N4O3/c1-13-6-5-7-15(10-13)17(24)21-8-9-22-19(20-3)23-11-14(2)16(12-23)18(25)26-4/h5-7,10,14,16H,8-9,11-12H2,1-4H3,(H,20,22)(H,21,24). The molecule has 142 valence electrons. The molecule has 0 aromatic heterocycles. The number of rotatable bonds is 5. The Morgan fingerprint density at radius 2 is 2.00 bits per heavy atom. The van der Waals surface area contributed by atoms with Crippen LogP contribution >= 0.6 is 0 Å². The first kappa shape index (κ1) is 19.8. The molecule has 7 heteroatoms. The summed E-state index contributed by atoms with van der Waals surface area (Å²) in [5.41, 5.74) is 1.71. The maximum Gasteiger partial charge on any atom is 0.310 e. The van der Waals surface area contributed by atoms with Gasteiger partial charge in [-0.2, -0.15) is 0 Å². The summed E-state index contributed by atoms with van der Waals surface area (Å²) >= 11 is 0. The second-order valence-corrected chi connectivity index (χ2v) is 6.61. The number of hydrogen-bond donors (Lipinski definition) is 2. The van der Waals surface area contributed by atoms with Crippen LogP contribution in [0.3, 0.4) is 0 Å². The monoisotopic (exact) mass is 360 g/mol. The number of esters is 1. The van der Waals surface area contributed by atoms with Crippen LogP contribution in [0.1, 0.15) is 22.8 Å². The number of aliphatic imine (C=N–C) groups is 1. The number of likely N-dealkylation sites (tertiary alicyclic amines) is 1. The third-order valence-electron chi connectivity index (χ3n) is 4.60. The van der Waals surface area contributed by atoms with Gasteiger partial charge in [-0.3, -0.25) is 14.6 Å². The predicted molar refractivity (Wildman–Crippen MR) is 101 cm³/mol. The molecule has 2 atom stereocenters. The van der Waals surface area contributed by atoms with E-state index >= 15 is 0 Å². The molecule has 2 unspecified atom stereocenters. The topological polar surface area (TPSA) is 83.0 Å². The fraction of sp³-hybridized carbons (Fsp3) is 0.526. The molecule has 0 bridgehead atoms. The fourth-order valence-corrected chi connectivity index (χ4v) is 3.17. The summed E-state index contributed by atoms with van der Waals surface area (Å²) in [4.78, 5) is 30.3. The van der Waals surface area contributed by atoms with E-state index in [0.717, 1.165) is 18.1 Å². The van der Waals surface area contributed by atoms with Crippen molar-refractivity contribution in [3.05, 3.63) is 35.4 Å². The molecule has 1 fully saturated rings. The van der Waals surface area contributed by atoms with Crippen molar-refractivity contribution in [3.63, 3.8) is 0 Å². The molecular weight excluding hydrogens is 332 g/mol. The lowest BCUT2D eigenvalue weighted by Crippen LogP contribution is -2.43. The highest BCUT2D eigenvalue weighted by Gasteiger charge is 2.36. The van der Waals surface area contributed by atoms with Crippen molar-refractivity contribution in [2.75, 3.05) is 40.3 Å². The van der Waals surface area contributed by atoms with E-state index < -0.39 is 0 Å². The van der Waals surface area contributed by atoms with E-state index in [2.05, 4.69) is 20.5 Å². The van der Waals surface area contributed by atoms with Crippen LogP contribution in [0.25, 0.3) is 0 Å². The third kappa shape index (κ3) is 4.97. The number of carbonyl (C=O) groups excluding carboxylic acids is 2. The Balaban J connectivity index is 1.79. The van der Waals surface area contributed by atoms with E-state index in [9.17, 15) is 9.59 Å². The minimum Gasteiger partial charge on any atom is -0.469 e. The van der Waals surface area contributed by atoms with Crippen molar-refractivity contribution in [1.29, 1.82) is 0 Å². The second-order valence-electron chi connectivity index (χ2n) is 6.61. The van der Waals surface area contributed by atoms with Crippen LogP contribution in [0.15, 0.2) is 29.3 Å². The van der Waals surface area contributed by atoms with Gasteiger partial charge in [0.1, 0.15) is 0 Å². The SMILES string of the molecule is CN=C(NCCNC(=O)c1cccc(C)c1)N1CC(C)C(C(=O)OC)C1. The zero-order valence-electron chi connectivity index (χ0n) is 15.9. The minimum absolute atomic E-state index is 0.0916. The Kier molecular flexibility index (Phi) is 7.00. The van der Waals surface area contributed by atoms with Crippen molar-refractivity contribution >= 4 is 17.8 Å². The molecule has 1 aliphatic heterocycles. The van der Waals surface area contributed by atoms with Crippen LogP contribution in [0.2, 0.25) is 0 Å². The number of nitrogens with zero attached hydrogens (tertiary/aromatic N) is 2. The molecule has 2 N–H and O–H groups in total. The number of amides is 1. The van der Waals surface area contributed by atoms with Gasteiger partial charge in [-0.25, -0.2) is 0 Å². The molecule has 1 aliphatic rings. The molecule has 1 amide bonds. The molecule has 0 saturated carbocycles. The maximum absolute atomic E-state index is 12.1. The Hall–Kier alpha value is -2.57. The molecule has 0 aliphatic carbocycles. The number of carbonyl (C=O) groups is 2. The summed E-state index contributed by atoms with van der Waals surface area (Å²) in [5, 5.41) is 6.13. The van der Waals surface area contributed by atoms with Gasteiger partial charge in [0.25, 0.3) is 5.91 Å². The summed E-state index contributed by atoms with van der Waals surface area (Å²) in [6, 6.07) is 7.49. The summed E-state index contributed by atoms with van der Waals surface area (Å²) < 4.78 is 4.87. The first-order valence-electron chi connectivity index (χ1n) is 8.84. The third-order valence-corrected chi connectivity index (χ3v) is 4.60. The minimum atomic E-state index is -0.180. The zero-order chi connectivity index (χ0) is 19.1. The quantitative estimate of drug-likeness (QED) is 0.355. The van der Waals surface area contributed by atoms with Gasteiger partial charge in [0, 0.05) is 38.8 Å². The van der Waals surface area contributed by atoms with Gasteiger partial charge in [-0.15, -0.1) is 0 Å². The first-order chi connectivity index (χ1) is 12.5. The lowest BCUT2D eigenvalue weighted by Gasteiger charge is -2.21. The number of guanidine groups is 1. The van der Waals surface area contributed by atoms with E-state index in [0.29, 0.717) is 25.2 Å². The average Bonchev–Trinajstić information content (AvgIpc) is 3.02. The molecule has 7 nitrogen and oxygen atoms in total. The van der Waals surface area contributed by atoms with E-state index in [-0.39, 0.29) is 23.7 Å². The zero-order valence-corrected chi connectivity index (χ0v) is 15.9. The first-order valence-corrected chi connectivity index (χ1v) is 8.84. The highest BCUT2D eigenvalue weighted by atomic mass is 16.5. The second kappa shape index (κ2) is 9.22. The van der Waals surface area contributed by atoms with Gasteiger partial charge in [0.05, 0.1) is 13.0 Å². The average molecular weight is 360 g/mol. The van der Waals surface area contributed by atoms with Crippen molar-refractivity contribution < 1.29 is 14.3 Å². The number of nitrogens with one attached hydrogen (secondary N) is 2. The van der Waals surface area contributed by atoms with Crippen LogP contribution in [-0.2, 0) is 9.53 Å². The molecule has 0 spiro atoms. The molecule has 1 aromatic carbocycles. The van der Waals surface area contributed by atoms with E-state index in [1.807, 2.05) is 32.0 Å². The Labute approximate surface area is 154 Å². The highest BCUT2D eigenvalue weighted by molar-refractivity contribution is 5.94.